The van der Waals surface area contributed by atoms with E-state index in [9.17, 15) is 0 Å². The number of aromatic nitrogens is 4. The summed E-state index contributed by atoms with van der Waals surface area (Å²) in [5, 5.41) is 4.26. The molecule has 0 aliphatic heterocycles. The maximum Gasteiger partial charge on any atom is 0.222 e. The van der Waals surface area contributed by atoms with E-state index >= 15 is 0 Å². The summed E-state index contributed by atoms with van der Waals surface area (Å²) >= 11 is 0. The lowest BCUT2D eigenvalue weighted by Crippen LogP contribution is -2.02. The normalized spacial score (nSPS) is 11.7. The third-order valence-corrected chi connectivity index (χ3v) is 3.74. The Morgan fingerprint density at radius 1 is 1.09 bits per heavy atom. The molecule has 6 nitrogen and oxygen atoms in total. The van der Waals surface area contributed by atoms with Crippen molar-refractivity contribution in [1.82, 2.24) is 19.5 Å². The molecule has 0 aliphatic rings. The molecule has 0 fully saturated rings. The van der Waals surface area contributed by atoms with Crippen LogP contribution in [0.3, 0.4) is 0 Å². The van der Waals surface area contributed by atoms with E-state index in [2.05, 4.69) is 43.0 Å². The zero-order chi connectivity index (χ0) is 15.6. The minimum absolute atomic E-state index is 0.613. The van der Waals surface area contributed by atoms with Crippen LogP contribution in [-0.2, 0) is 6.54 Å². The second-order valence-electron chi connectivity index (χ2n) is 5.18. The third-order valence-electron chi connectivity index (χ3n) is 3.74. The first-order valence-electron chi connectivity index (χ1n) is 7.54. The van der Waals surface area contributed by atoms with Crippen LogP contribution in [0.1, 0.15) is 12.7 Å². The molecule has 114 valence electrons. The second-order valence-corrected chi connectivity index (χ2v) is 5.18. The smallest absolute Gasteiger partial charge is 0.222 e. The summed E-state index contributed by atoms with van der Waals surface area (Å²) in [6, 6.07) is 15.9. The Labute approximate surface area is 132 Å². The molecule has 6 heteroatoms. The third kappa shape index (κ3) is 2.44. The summed E-state index contributed by atoms with van der Waals surface area (Å²) in [4.78, 5) is 12.2. The van der Waals surface area contributed by atoms with E-state index in [0.29, 0.717) is 5.95 Å². The minimum Gasteiger partial charge on any atom is -0.323 e. The van der Waals surface area contributed by atoms with Gasteiger partial charge in [0, 0.05) is 6.54 Å². The first-order chi connectivity index (χ1) is 11.3. The monoisotopic (exact) mass is 304 g/mol. The lowest BCUT2D eigenvalue weighted by Gasteiger charge is -2.01. The number of hydrazone groups is 1. The quantitative estimate of drug-likeness (QED) is 0.448. The zero-order valence-corrected chi connectivity index (χ0v) is 12.7. The molecule has 23 heavy (non-hydrogen) atoms. The number of hydrogen-bond donors (Lipinski definition) is 2. The van der Waals surface area contributed by atoms with Gasteiger partial charge in [0.15, 0.2) is 5.82 Å². The molecule has 0 saturated heterocycles. The number of aryl methyl sites for hydroxylation is 1. The zero-order valence-electron chi connectivity index (χ0n) is 12.7. The Bertz CT molecular complexity index is 962. The van der Waals surface area contributed by atoms with Crippen LogP contribution in [-0.4, -0.2) is 25.7 Å². The van der Waals surface area contributed by atoms with Gasteiger partial charge in [-0.2, -0.15) is 5.10 Å². The van der Waals surface area contributed by atoms with E-state index < -0.39 is 0 Å². The summed E-state index contributed by atoms with van der Waals surface area (Å²) in [5.41, 5.74) is 6.90. The van der Waals surface area contributed by atoms with Gasteiger partial charge < -0.3 is 9.55 Å². The van der Waals surface area contributed by atoms with Gasteiger partial charge in [0.05, 0.1) is 28.3 Å². The Kier molecular flexibility index (Phi) is 3.27. The van der Waals surface area contributed by atoms with E-state index in [1.165, 1.54) is 0 Å². The molecule has 0 unspecified atom stereocenters. The summed E-state index contributed by atoms with van der Waals surface area (Å²) in [7, 11) is 0. The van der Waals surface area contributed by atoms with Crippen LogP contribution in [0.25, 0.3) is 22.1 Å². The number of aromatic amines is 1. The van der Waals surface area contributed by atoms with Gasteiger partial charge >= 0.3 is 0 Å². The summed E-state index contributed by atoms with van der Waals surface area (Å²) in [6.45, 7) is 2.94. The minimum atomic E-state index is 0.613. The van der Waals surface area contributed by atoms with Crippen LogP contribution < -0.4 is 5.43 Å². The maximum atomic E-state index is 4.60. The number of anilines is 1. The van der Waals surface area contributed by atoms with Crippen molar-refractivity contribution in [2.45, 2.75) is 13.5 Å². The predicted molar refractivity (Wildman–Crippen MR) is 92.7 cm³/mol. The fourth-order valence-corrected chi connectivity index (χ4v) is 2.68. The second kappa shape index (κ2) is 5.57. The Balaban J connectivity index is 1.61. The van der Waals surface area contributed by atoms with Gasteiger partial charge in [-0.05, 0) is 31.2 Å². The van der Waals surface area contributed by atoms with Crippen molar-refractivity contribution in [2.75, 3.05) is 5.43 Å². The number of nitrogens with zero attached hydrogens (tertiary/aromatic N) is 4. The van der Waals surface area contributed by atoms with Gasteiger partial charge in [-0.25, -0.2) is 15.4 Å². The van der Waals surface area contributed by atoms with Crippen molar-refractivity contribution in [3.8, 4) is 0 Å². The van der Waals surface area contributed by atoms with Gasteiger partial charge in [0.2, 0.25) is 5.95 Å². The highest BCUT2D eigenvalue weighted by atomic mass is 15.4. The van der Waals surface area contributed by atoms with Gasteiger partial charge in [0.25, 0.3) is 0 Å². The molecule has 0 atom stereocenters. The highest BCUT2D eigenvalue weighted by Crippen LogP contribution is 2.15. The predicted octanol–water partition coefficient (Wildman–Crippen LogP) is 3.38. The Morgan fingerprint density at radius 3 is 2.70 bits per heavy atom. The van der Waals surface area contributed by atoms with Gasteiger partial charge in [-0.1, -0.05) is 24.3 Å². The average molecular weight is 304 g/mol. The molecular weight excluding hydrogens is 288 g/mol. The van der Waals surface area contributed by atoms with Gasteiger partial charge in [-0.15, -0.1) is 0 Å². The molecule has 0 bridgehead atoms. The molecule has 2 aromatic carbocycles. The Hall–Kier alpha value is -3.15. The summed E-state index contributed by atoms with van der Waals surface area (Å²) < 4.78 is 2.12. The topological polar surface area (TPSA) is 70.9 Å². The summed E-state index contributed by atoms with van der Waals surface area (Å²) in [6.07, 6.45) is 1.72. The maximum absolute atomic E-state index is 4.60. The molecular formula is C17H16N6. The van der Waals surface area contributed by atoms with Crippen molar-refractivity contribution < 1.29 is 0 Å². The van der Waals surface area contributed by atoms with Crippen LogP contribution in [0, 0.1) is 0 Å². The number of para-hydroxylation sites is 4. The Morgan fingerprint density at radius 2 is 1.87 bits per heavy atom. The lowest BCUT2D eigenvalue weighted by molar-refractivity contribution is 0.780. The van der Waals surface area contributed by atoms with Crippen LogP contribution in [0.5, 0.6) is 0 Å². The molecule has 2 aromatic heterocycles. The van der Waals surface area contributed by atoms with Crippen molar-refractivity contribution in [1.29, 1.82) is 0 Å². The van der Waals surface area contributed by atoms with Crippen molar-refractivity contribution in [3.63, 3.8) is 0 Å². The van der Waals surface area contributed by atoms with E-state index in [-0.39, 0.29) is 0 Å². The van der Waals surface area contributed by atoms with Crippen LogP contribution in [0.15, 0.2) is 53.6 Å². The summed E-state index contributed by atoms with van der Waals surface area (Å²) in [5.74, 6) is 1.43. The molecule has 0 amide bonds. The number of fused-ring (bicyclic) bond motifs is 2. The van der Waals surface area contributed by atoms with Crippen molar-refractivity contribution >= 4 is 34.2 Å². The van der Waals surface area contributed by atoms with Crippen LogP contribution in [0.4, 0.5) is 5.95 Å². The standard InChI is InChI=1S/C17H16N6/c1-2-23-15-10-6-5-9-14(15)19-16(23)11-18-22-17-20-12-7-3-4-8-13(12)21-17/h3-11H,2H2,1H3,(H2,20,21,22). The van der Waals surface area contributed by atoms with E-state index in [1.807, 2.05) is 42.5 Å². The fraction of sp³-hybridized carbons (Fsp3) is 0.118. The first kappa shape index (κ1) is 13.5. The van der Waals surface area contributed by atoms with Crippen molar-refractivity contribution in [2.24, 2.45) is 5.10 Å². The number of nitrogens with one attached hydrogen (secondary N) is 2. The molecule has 4 rings (SSSR count). The first-order valence-corrected chi connectivity index (χ1v) is 7.54. The highest BCUT2D eigenvalue weighted by molar-refractivity contribution is 5.85. The largest absolute Gasteiger partial charge is 0.323 e. The van der Waals surface area contributed by atoms with Gasteiger partial charge in [0.1, 0.15) is 0 Å². The molecule has 0 radical (unpaired) electrons. The number of rotatable bonds is 4. The van der Waals surface area contributed by atoms with Gasteiger partial charge in [-0.3, -0.25) is 0 Å². The van der Waals surface area contributed by atoms with E-state index in [0.717, 1.165) is 34.4 Å². The number of benzene rings is 2. The fourth-order valence-electron chi connectivity index (χ4n) is 2.68. The lowest BCUT2D eigenvalue weighted by atomic mass is 10.3. The molecule has 0 saturated carbocycles. The molecule has 0 aliphatic carbocycles. The highest BCUT2D eigenvalue weighted by Gasteiger charge is 2.06. The number of imidazole rings is 2. The molecule has 2 N–H and O–H groups in total. The molecule has 4 aromatic rings. The average Bonchev–Trinajstić information content (AvgIpc) is 3.14. The number of H-pyrrole nitrogens is 1. The van der Waals surface area contributed by atoms with Crippen LogP contribution >= 0.6 is 0 Å². The van der Waals surface area contributed by atoms with Crippen LogP contribution in [0.2, 0.25) is 0 Å². The number of hydrogen-bond acceptors (Lipinski definition) is 4. The molecule has 2 heterocycles. The van der Waals surface area contributed by atoms with E-state index in [4.69, 9.17) is 0 Å². The van der Waals surface area contributed by atoms with Crippen molar-refractivity contribution in [3.05, 3.63) is 54.4 Å². The van der Waals surface area contributed by atoms with E-state index in [1.54, 1.807) is 6.21 Å². The SMILES string of the molecule is CCn1c(C=NNc2nc3ccccc3[nH]2)nc2ccccc21. The molecule has 0 spiro atoms.